The van der Waals surface area contributed by atoms with Crippen molar-refractivity contribution in [3.8, 4) is 5.75 Å². The van der Waals surface area contributed by atoms with Gasteiger partial charge >= 0.3 is 29.6 Å². The molecule has 7 nitrogen and oxygen atoms in total. The van der Waals surface area contributed by atoms with Gasteiger partial charge in [-0.15, -0.1) is 10.2 Å². The van der Waals surface area contributed by atoms with E-state index >= 15 is 0 Å². The molecule has 28 heavy (non-hydrogen) atoms. The molecule has 0 aliphatic heterocycles. The van der Waals surface area contributed by atoms with Crippen molar-refractivity contribution in [1.29, 1.82) is 0 Å². The largest absolute Gasteiger partial charge is 1.00 e. The van der Waals surface area contributed by atoms with Gasteiger partial charge in [0.2, 0.25) is 0 Å². The molecule has 4 rings (SSSR count). The van der Waals surface area contributed by atoms with Crippen LogP contribution in [0.5, 0.6) is 5.75 Å². The van der Waals surface area contributed by atoms with Crippen LogP contribution in [0.3, 0.4) is 0 Å². The van der Waals surface area contributed by atoms with E-state index in [-0.39, 0.29) is 51.9 Å². The SMILES string of the molecule is O=S(=O)([O-])c1cc(N=Nc2cccc3ccccc23)c(O)c2ncccc12.[Na+]. The number of phenols is 1. The molecule has 0 saturated heterocycles. The van der Waals surface area contributed by atoms with Crippen LogP contribution >= 0.6 is 0 Å². The van der Waals surface area contributed by atoms with Crippen molar-refractivity contribution in [3.05, 3.63) is 66.9 Å². The van der Waals surface area contributed by atoms with E-state index in [2.05, 4.69) is 15.2 Å². The molecule has 4 aromatic rings. The van der Waals surface area contributed by atoms with Gasteiger partial charge in [0.05, 0.1) is 10.6 Å². The van der Waals surface area contributed by atoms with Crippen molar-refractivity contribution >= 4 is 43.2 Å². The number of hydrogen-bond donors (Lipinski definition) is 1. The smallest absolute Gasteiger partial charge is 0.744 e. The third kappa shape index (κ3) is 3.78. The third-order valence-electron chi connectivity index (χ3n) is 4.11. The van der Waals surface area contributed by atoms with Gasteiger partial charge < -0.3 is 9.66 Å². The number of hydrogen-bond acceptors (Lipinski definition) is 7. The first-order valence-electron chi connectivity index (χ1n) is 7.91. The molecule has 1 heterocycles. The molecule has 134 valence electrons. The number of rotatable bonds is 3. The summed E-state index contributed by atoms with van der Waals surface area (Å²) in [6, 6.07) is 16.9. The van der Waals surface area contributed by atoms with Crippen molar-refractivity contribution < 1.29 is 47.6 Å². The summed E-state index contributed by atoms with van der Waals surface area (Å²) in [4.78, 5) is 3.46. The molecule has 1 aromatic heterocycles. The first-order chi connectivity index (χ1) is 12.9. The molecular formula is C19H12N3NaO4S. The molecule has 0 aliphatic carbocycles. The summed E-state index contributed by atoms with van der Waals surface area (Å²) < 4.78 is 34.9. The number of phenolic OH excluding ortho intramolecular Hbond substituents is 1. The molecule has 0 spiro atoms. The molecule has 0 aliphatic rings. The van der Waals surface area contributed by atoms with E-state index in [1.54, 1.807) is 6.07 Å². The molecule has 0 atom stereocenters. The van der Waals surface area contributed by atoms with Gasteiger partial charge in [-0.2, -0.15) is 0 Å². The van der Waals surface area contributed by atoms with Crippen LogP contribution in [0.1, 0.15) is 0 Å². The van der Waals surface area contributed by atoms with Gasteiger partial charge in [0.25, 0.3) is 0 Å². The molecule has 1 N–H and O–H groups in total. The molecule has 0 amide bonds. The quantitative estimate of drug-likeness (QED) is 0.317. The molecular weight excluding hydrogens is 389 g/mol. The monoisotopic (exact) mass is 401 g/mol. The van der Waals surface area contributed by atoms with E-state index in [9.17, 15) is 18.1 Å². The third-order valence-corrected chi connectivity index (χ3v) is 4.99. The Kier molecular flexibility index (Phi) is 5.78. The predicted molar refractivity (Wildman–Crippen MR) is 99.5 cm³/mol. The van der Waals surface area contributed by atoms with Crippen molar-refractivity contribution in [1.82, 2.24) is 4.98 Å². The first-order valence-corrected chi connectivity index (χ1v) is 9.32. The molecule has 0 saturated carbocycles. The van der Waals surface area contributed by atoms with Crippen LogP contribution in [-0.4, -0.2) is 23.1 Å². The second-order valence-electron chi connectivity index (χ2n) is 5.79. The Hall–Kier alpha value is -2.36. The van der Waals surface area contributed by atoms with E-state index in [0.29, 0.717) is 5.69 Å². The maximum absolute atomic E-state index is 11.6. The van der Waals surface area contributed by atoms with Gasteiger partial charge in [0.15, 0.2) is 5.75 Å². The Morgan fingerprint density at radius 3 is 2.36 bits per heavy atom. The molecule has 9 heteroatoms. The summed E-state index contributed by atoms with van der Waals surface area (Å²) in [6.07, 6.45) is 1.38. The number of fused-ring (bicyclic) bond motifs is 2. The van der Waals surface area contributed by atoms with Gasteiger partial charge in [-0.25, -0.2) is 8.42 Å². The Balaban J connectivity index is 0.00000225. The minimum atomic E-state index is -4.79. The standard InChI is InChI=1S/C19H13N3O4S.Na/c23-19-16(11-17(27(24,25)26)14-8-4-10-20-18(14)19)22-21-15-9-3-6-12-5-1-2-7-13(12)15;/h1-11,23H,(H,24,25,26);/q;+1/p-1. The average Bonchev–Trinajstić information content (AvgIpc) is 2.66. The van der Waals surface area contributed by atoms with Crippen LogP contribution < -0.4 is 29.6 Å². The van der Waals surface area contributed by atoms with Crippen LogP contribution in [0, 0.1) is 0 Å². The number of aromatic hydroxyl groups is 1. The number of nitrogens with zero attached hydrogens (tertiary/aromatic N) is 3. The number of azo groups is 1. The molecule has 0 radical (unpaired) electrons. The molecule has 3 aromatic carbocycles. The summed E-state index contributed by atoms with van der Waals surface area (Å²) >= 11 is 0. The Labute approximate surface area is 182 Å². The van der Waals surface area contributed by atoms with E-state index in [1.165, 1.54) is 18.3 Å². The van der Waals surface area contributed by atoms with Crippen molar-refractivity contribution in [2.24, 2.45) is 10.2 Å². The minimum absolute atomic E-state index is 0. The van der Waals surface area contributed by atoms with E-state index in [1.807, 2.05) is 36.4 Å². The van der Waals surface area contributed by atoms with Crippen LogP contribution in [0.4, 0.5) is 11.4 Å². The number of pyridine rings is 1. The summed E-state index contributed by atoms with van der Waals surface area (Å²) in [5.74, 6) is -0.345. The Morgan fingerprint density at radius 2 is 1.57 bits per heavy atom. The van der Waals surface area contributed by atoms with Crippen molar-refractivity contribution in [2.45, 2.75) is 4.90 Å². The molecule has 0 unspecified atom stereocenters. The topological polar surface area (TPSA) is 115 Å². The zero-order valence-electron chi connectivity index (χ0n) is 14.8. The van der Waals surface area contributed by atoms with E-state index < -0.39 is 15.0 Å². The normalized spacial score (nSPS) is 11.8. The zero-order chi connectivity index (χ0) is 19.0. The summed E-state index contributed by atoms with van der Waals surface area (Å²) in [7, 11) is -4.79. The minimum Gasteiger partial charge on any atom is -0.744 e. The fourth-order valence-electron chi connectivity index (χ4n) is 2.87. The van der Waals surface area contributed by atoms with Gasteiger partial charge in [0.1, 0.15) is 21.3 Å². The van der Waals surface area contributed by atoms with Crippen LogP contribution in [-0.2, 0) is 10.1 Å². The van der Waals surface area contributed by atoms with Crippen molar-refractivity contribution in [3.63, 3.8) is 0 Å². The fraction of sp³-hybridized carbons (Fsp3) is 0. The van der Waals surface area contributed by atoms with Gasteiger partial charge in [0, 0.05) is 17.0 Å². The van der Waals surface area contributed by atoms with Gasteiger partial charge in [-0.1, -0.05) is 36.4 Å². The number of aromatic nitrogens is 1. The number of benzene rings is 3. The maximum Gasteiger partial charge on any atom is 1.00 e. The predicted octanol–water partition coefficient (Wildman–Crippen LogP) is 1.42. The zero-order valence-corrected chi connectivity index (χ0v) is 17.6. The summed E-state index contributed by atoms with van der Waals surface area (Å²) in [6.45, 7) is 0. The maximum atomic E-state index is 11.6. The van der Waals surface area contributed by atoms with E-state index in [0.717, 1.165) is 16.8 Å². The van der Waals surface area contributed by atoms with Crippen LogP contribution in [0.15, 0.2) is 82.0 Å². The average molecular weight is 401 g/mol. The van der Waals surface area contributed by atoms with Crippen LogP contribution in [0.25, 0.3) is 21.7 Å². The second kappa shape index (κ2) is 7.94. The van der Waals surface area contributed by atoms with Gasteiger partial charge in [-0.3, -0.25) is 4.98 Å². The van der Waals surface area contributed by atoms with Crippen molar-refractivity contribution in [2.75, 3.05) is 0 Å². The summed E-state index contributed by atoms with van der Waals surface area (Å²) in [5.41, 5.74) is 0.366. The first kappa shape index (κ1) is 20.4. The van der Waals surface area contributed by atoms with E-state index in [4.69, 9.17) is 0 Å². The molecule has 0 bridgehead atoms. The molecule has 0 fully saturated rings. The fourth-order valence-corrected chi connectivity index (χ4v) is 3.56. The Morgan fingerprint density at radius 1 is 0.893 bits per heavy atom. The summed E-state index contributed by atoms with van der Waals surface area (Å²) in [5, 5.41) is 20.4. The van der Waals surface area contributed by atoms with Gasteiger partial charge in [-0.05, 0) is 29.7 Å². The van der Waals surface area contributed by atoms with Crippen LogP contribution in [0.2, 0.25) is 0 Å². The second-order valence-corrected chi connectivity index (χ2v) is 7.14. The Bertz CT molecular complexity index is 1320.